The van der Waals surface area contributed by atoms with Crippen LogP contribution >= 0.6 is 0 Å². The Kier molecular flexibility index (Phi) is 4.52. The average molecular weight is 486 g/mol. The molecule has 0 amide bonds. The number of pyridine rings is 1. The van der Waals surface area contributed by atoms with Crippen LogP contribution in [0.1, 0.15) is 0 Å². The fourth-order valence-corrected chi connectivity index (χ4v) is 5.82. The van der Waals surface area contributed by atoms with Crippen LogP contribution < -0.4 is 0 Å². The second-order valence-electron chi connectivity index (χ2n) is 9.74. The van der Waals surface area contributed by atoms with Crippen molar-refractivity contribution in [2.75, 3.05) is 0 Å². The molecule has 0 atom stereocenters. The maximum absolute atomic E-state index is 4.89. The van der Waals surface area contributed by atoms with Gasteiger partial charge in [-0.15, -0.1) is 0 Å². The van der Waals surface area contributed by atoms with E-state index < -0.39 is 0 Å². The Bertz CT molecular complexity index is 2120. The van der Waals surface area contributed by atoms with Crippen molar-refractivity contribution in [3.8, 4) is 22.6 Å². The molecule has 5 aromatic carbocycles. The zero-order valence-corrected chi connectivity index (χ0v) is 20.6. The molecule has 38 heavy (non-hydrogen) atoms. The van der Waals surface area contributed by atoms with Crippen LogP contribution in [0.3, 0.4) is 0 Å². The van der Waals surface area contributed by atoms with Crippen molar-refractivity contribution >= 4 is 43.5 Å². The first-order valence-electron chi connectivity index (χ1n) is 12.9. The van der Waals surface area contributed by atoms with E-state index in [0.717, 1.165) is 22.6 Å². The third kappa shape index (κ3) is 3.12. The molecule has 8 aromatic rings. The molecule has 178 valence electrons. The van der Waals surface area contributed by atoms with Crippen LogP contribution in [0.4, 0.5) is 0 Å². The van der Waals surface area contributed by atoms with Crippen LogP contribution in [0.5, 0.6) is 0 Å². The van der Waals surface area contributed by atoms with Gasteiger partial charge in [-0.3, -0.25) is 4.57 Å². The third-order valence-corrected chi connectivity index (χ3v) is 7.58. The molecule has 3 heterocycles. The first-order chi connectivity index (χ1) is 18.8. The summed E-state index contributed by atoms with van der Waals surface area (Å²) >= 11 is 0. The molecule has 0 unspecified atom stereocenters. The predicted octanol–water partition coefficient (Wildman–Crippen LogP) is 8.94. The largest absolute Gasteiger partial charge is 0.317 e. The summed E-state index contributed by atoms with van der Waals surface area (Å²) < 4.78 is 4.61. The van der Waals surface area contributed by atoms with Gasteiger partial charge in [0.25, 0.3) is 0 Å². The number of rotatable bonds is 3. The van der Waals surface area contributed by atoms with E-state index in [4.69, 9.17) is 4.98 Å². The summed E-state index contributed by atoms with van der Waals surface area (Å²) in [5.41, 5.74) is 7.03. The number of benzene rings is 5. The SMILES string of the molecule is c1ccc(-c2ccnc(-n3c4ccccc4c4ccc5cc6ccn(-c7ccccc7)c6cc5c43)c2)cc1. The number of nitrogens with zero attached hydrogens (tertiary/aromatic N) is 3. The molecule has 0 aliphatic carbocycles. The van der Waals surface area contributed by atoms with Crippen LogP contribution in [0, 0.1) is 0 Å². The lowest BCUT2D eigenvalue weighted by atomic mass is 10.0. The molecule has 3 nitrogen and oxygen atoms in total. The lowest BCUT2D eigenvalue weighted by Crippen LogP contribution is -1.98. The first kappa shape index (κ1) is 21.0. The van der Waals surface area contributed by atoms with Crippen LogP contribution in [-0.2, 0) is 0 Å². The van der Waals surface area contributed by atoms with Gasteiger partial charge in [0, 0.05) is 39.6 Å². The topological polar surface area (TPSA) is 22.8 Å². The highest BCUT2D eigenvalue weighted by Gasteiger charge is 2.17. The van der Waals surface area contributed by atoms with E-state index in [0.29, 0.717) is 0 Å². The minimum absolute atomic E-state index is 0.920. The molecule has 0 fully saturated rings. The van der Waals surface area contributed by atoms with Gasteiger partial charge in [0.05, 0.1) is 16.6 Å². The molecular weight excluding hydrogens is 462 g/mol. The Morgan fingerprint density at radius 2 is 1.29 bits per heavy atom. The highest BCUT2D eigenvalue weighted by atomic mass is 15.1. The summed E-state index contributed by atoms with van der Waals surface area (Å²) in [4.78, 5) is 4.89. The van der Waals surface area contributed by atoms with E-state index in [1.807, 2.05) is 6.20 Å². The number of para-hydroxylation sites is 2. The van der Waals surface area contributed by atoms with Crippen LogP contribution in [0.25, 0.3) is 66.1 Å². The second kappa shape index (κ2) is 8.19. The molecule has 0 saturated carbocycles. The lowest BCUT2D eigenvalue weighted by molar-refractivity contribution is 1.08. The Balaban J connectivity index is 1.48. The Morgan fingerprint density at radius 1 is 0.500 bits per heavy atom. The van der Waals surface area contributed by atoms with Gasteiger partial charge in [-0.25, -0.2) is 4.98 Å². The molecule has 0 spiro atoms. The number of hydrogen-bond donors (Lipinski definition) is 0. The zero-order valence-electron chi connectivity index (χ0n) is 20.6. The Labute approximate surface area is 219 Å². The van der Waals surface area contributed by atoms with Gasteiger partial charge in [0.15, 0.2) is 0 Å². The van der Waals surface area contributed by atoms with Gasteiger partial charge in [-0.1, -0.05) is 78.9 Å². The number of hydrogen-bond acceptors (Lipinski definition) is 1. The summed E-state index contributed by atoms with van der Waals surface area (Å²) in [5, 5.41) is 6.13. The first-order valence-corrected chi connectivity index (χ1v) is 12.9. The molecule has 3 heteroatoms. The number of fused-ring (bicyclic) bond motifs is 6. The van der Waals surface area contributed by atoms with Crippen molar-refractivity contribution < 1.29 is 0 Å². The molecule has 0 aliphatic heterocycles. The van der Waals surface area contributed by atoms with Crippen LogP contribution in [0.15, 0.2) is 140 Å². The second-order valence-corrected chi connectivity index (χ2v) is 9.74. The number of aromatic nitrogens is 3. The maximum atomic E-state index is 4.89. The predicted molar refractivity (Wildman–Crippen MR) is 158 cm³/mol. The minimum Gasteiger partial charge on any atom is -0.317 e. The van der Waals surface area contributed by atoms with Gasteiger partial charge in [0.1, 0.15) is 5.82 Å². The fourth-order valence-electron chi connectivity index (χ4n) is 5.82. The van der Waals surface area contributed by atoms with Crippen molar-refractivity contribution in [2.24, 2.45) is 0 Å². The highest BCUT2D eigenvalue weighted by molar-refractivity contribution is 6.20. The highest BCUT2D eigenvalue weighted by Crippen LogP contribution is 2.38. The standard InChI is InChI=1S/C35H23N3/c1-3-9-24(10-4-1)25-17-19-36-34(22-25)38-32-14-8-7-13-29(32)30-16-15-26-21-27-18-20-37(28-11-5-2-6-12-28)33(27)23-31(26)35(30)38/h1-23H. The summed E-state index contributed by atoms with van der Waals surface area (Å²) in [6.45, 7) is 0. The Morgan fingerprint density at radius 3 is 2.16 bits per heavy atom. The Hall–Kier alpha value is -5.15. The van der Waals surface area contributed by atoms with E-state index in [2.05, 4.69) is 143 Å². The molecular formula is C35H23N3. The van der Waals surface area contributed by atoms with E-state index in [9.17, 15) is 0 Å². The van der Waals surface area contributed by atoms with Crippen LogP contribution in [-0.4, -0.2) is 14.1 Å². The van der Waals surface area contributed by atoms with Crippen molar-refractivity contribution in [1.29, 1.82) is 0 Å². The third-order valence-electron chi connectivity index (χ3n) is 7.58. The van der Waals surface area contributed by atoms with Gasteiger partial charge < -0.3 is 4.57 Å². The minimum atomic E-state index is 0.920. The average Bonchev–Trinajstić information content (AvgIpc) is 3.56. The van der Waals surface area contributed by atoms with Gasteiger partial charge >= 0.3 is 0 Å². The quantitative estimate of drug-likeness (QED) is 0.245. The van der Waals surface area contributed by atoms with Crippen molar-refractivity contribution in [3.05, 3.63) is 140 Å². The monoisotopic (exact) mass is 485 g/mol. The van der Waals surface area contributed by atoms with Gasteiger partial charge in [-0.05, 0) is 65.0 Å². The molecule has 0 N–H and O–H groups in total. The van der Waals surface area contributed by atoms with E-state index in [1.165, 1.54) is 43.5 Å². The molecule has 3 aromatic heterocycles. The van der Waals surface area contributed by atoms with E-state index in [-0.39, 0.29) is 0 Å². The van der Waals surface area contributed by atoms with Crippen molar-refractivity contribution in [2.45, 2.75) is 0 Å². The van der Waals surface area contributed by atoms with Crippen molar-refractivity contribution in [1.82, 2.24) is 14.1 Å². The zero-order chi connectivity index (χ0) is 25.1. The molecule has 8 rings (SSSR count). The summed E-state index contributed by atoms with van der Waals surface area (Å²) in [6.07, 6.45) is 4.08. The van der Waals surface area contributed by atoms with Gasteiger partial charge in [-0.2, -0.15) is 0 Å². The van der Waals surface area contributed by atoms with E-state index >= 15 is 0 Å². The van der Waals surface area contributed by atoms with Crippen molar-refractivity contribution in [3.63, 3.8) is 0 Å². The fraction of sp³-hybridized carbons (Fsp3) is 0. The summed E-state index contributed by atoms with van der Waals surface area (Å²) in [6, 6.07) is 45.3. The summed E-state index contributed by atoms with van der Waals surface area (Å²) in [5.74, 6) is 0.920. The smallest absolute Gasteiger partial charge is 0.138 e. The van der Waals surface area contributed by atoms with Gasteiger partial charge in [0.2, 0.25) is 0 Å². The molecule has 0 aliphatic rings. The molecule has 0 saturated heterocycles. The maximum Gasteiger partial charge on any atom is 0.138 e. The van der Waals surface area contributed by atoms with E-state index in [1.54, 1.807) is 0 Å². The normalized spacial score (nSPS) is 11.7. The summed E-state index contributed by atoms with van der Waals surface area (Å²) in [7, 11) is 0. The lowest BCUT2D eigenvalue weighted by Gasteiger charge is -2.12. The molecule has 0 bridgehead atoms. The van der Waals surface area contributed by atoms with Crippen LogP contribution in [0.2, 0.25) is 0 Å². The molecule has 0 radical (unpaired) electrons.